The van der Waals surface area contributed by atoms with E-state index in [9.17, 15) is 39.3 Å². The minimum absolute atomic E-state index is 0.0108. The van der Waals surface area contributed by atoms with E-state index in [-0.39, 0.29) is 12.2 Å². The molecule has 182 valence electrons. The van der Waals surface area contributed by atoms with E-state index in [1.165, 1.54) is 38.1 Å². The number of phenols is 1. The summed E-state index contributed by atoms with van der Waals surface area (Å²) in [4.78, 5) is 59.4. The fourth-order valence-corrected chi connectivity index (χ4v) is 2.71. The van der Waals surface area contributed by atoms with Gasteiger partial charge in [-0.05, 0) is 31.5 Å². The fourth-order valence-electron chi connectivity index (χ4n) is 2.71. The molecule has 1 rings (SSSR count). The van der Waals surface area contributed by atoms with Gasteiger partial charge in [-0.3, -0.25) is 19.2 Å². The number of aliphatic carboxylic acids is 1. The number of benzene rings is 1. The molecule has 33 heavy (non-hydrogen) atoms. The molecule has 0 aromatic heterocycles. The number of nitrogens with two attached hydrogens (primary N) is 2. The number of aliphatic hydroxyl groups excluding tert-OH is 1. The molecular formula is C20H29N5O8. The predicted molar refractivity (Wildman–Crippen MR) is 114 cm³/mol. The van der Waals surface area contributed by atoms with Crippen LogP contribution >= 0.6 is 0 Å². The van der Waals surface area contributed by atoms with Gasteiger partial charge in [-0.15, -0.1) is 0 Å². The van der Waals surface area contributed by atoms with Crippen molar-refractivity contribution in [3.8, 4) is 5.75 Å². The van der Waals surface area contributed by atoms with Gasteiger partial charge in [0.1, 0.15) is 23.9 Å². The molecule has 0 saturated carbocycles. The Morgan fingerprint density at radius 1 is 0.939 bits per heavy atom. The zero-order valence-corrected chi connectivity index (χ0v) is 18.1. The molecule has 0 bridgehead atoms. The Kier molecular flexibility index (Phi) is 10.2. The van der Waals surface area contributed by atoms with Crippen LogP contribution in [0.5, 0.6) is 5.75 Å². The third-order valence-electron chi connectivity index (χ3n) is 4.56. The van der Waals surface area contributed by atoms with Gasteiger partial charge < -0.3 is 42.7 Å². The van der Waals surface area contributed by atoms with Crippen molar-refractivity contribution in [1.29, 1.82) is 0 Å². The minimum Gasteiger partial charge on any atom is -0.508 e. The third-order valence-corrected chi connectivity index (χ3v) is 4.56. The molecule has 0 spiro atoms. The predicted octanol–water partition coefficient (Wildman–Crippen LogP) is -2.92. The number of hydrogen-bond acceptors (Lipinski definition) is 8. The van der Waals surface area contributed by atoms with Gasteiger partial charge in [-0.2, -0.15) is 0 Å². The number of primary amides is 1. The Hall–Kier alpha value is -3.71. The fraction of sp³-hybridized carbons (Fsp3) is 0.450. The molecule has 1 aromatic carbocycles. The van der Waals surface area contributed by atoms with E-state index >= 15 is 0 Å². The first kappa shape index (κ1) is 27.3. The number of carbonyl (C=O) groups is 5. The summed E-state index contributed by atoms with van der Waals surface area (Å²) in [6.45, 7) is 2.50. The summed E-state index contributed by atoms with van der Waals surface area (Å²) in [5.74, 6) is -4.82. The molecule has 0 aliphatic carbocycles. The van der Waals surface area contributed by atoms with Gasteiger partial charge in [-0.1, -0.05) is 12.1 Å². The number of phenolic OH excluding ortho intramolecular Hbond substituents is 1. The number of nitrogens with one attached hydrogen (secondary N) is 3. The molecule has 13 nitrogen and oxygen atoms in total. The third kappa shape index (κ3) is 9.13. The number of aromatic hydroxyl groups is 1. The van der Waals surface area contributed by atoms with Crippen LogP contribution in [0.1, 0.15) is 25.8 Å². The van der Waals surface area contributed by atoms with Gasteiger partial charge in [-0.25, -0.2) is 4.79 Å². The van der Waals surface area contributed by atoms with E-state index in [4.69, 9.17) is 11.5 Å². The zero-order chi connectivity index (χ0) is 25.3. The van der Waals surface area contributed by atoms with E-state index in [0.717, 1.165) is 0 Å². The number of carbonyl (C=O) groups excluding carboxylic acids is 4. The summed E-state index contributed by atoms with van der Waals surface area (Å²) >= 11 is 0. The summed E-state index contributed by atoms with van der Waals surface area (Å²) in [5, 5.41) is 35.5. The second kappa shape index (κ2) is 12.4. The Balaban J connectivity index is 2.80. The van der Waals surface area contributed by atoms with Crippen LogP contribution in [0.4, 0.5) is 0 Å². The lowest BCUT2D eigenvalue weighted by molar-refractivity contribution is -0.143. The highest BCUT2D eigenvalue weighted by Gasteiger charge is 2.31. The maximum absolute atomic E-state index is 12.6. The molecule has 4 amide bonds. The maximum Gasteiger partial charge on any atom is 0.326 e. The topological polar surface area (TPSA) is 234 Å². The highest BCUT2D eigenvalue weighted by molar-refractivity contribution is 5.95. The summed E-state index contributed by atoms with van der Waals surface area (Å²) in [6.07, 6.45) is -1.96. The molecule has 5 atom stereocenters. The van der Waals surface area contributed by atoms with Crippen molar-refractivity contribution >= 4 is 29.6 Å². The number of rotatable bonds is 12. The van der Waals surface area contributed by atoms with Gasteiger partial charge >= 0.3 is 5.97 Å². The van der Waals surface area contributed by atoms with Crippen LogP contribution in [-0.2, 0) is 30.4 Å². The molecule has 10 N–H and O–H groups in total. The molecular weight excluding hydrogens is 438 g/mol. The van der Waals surface area contributed by atoms with Crippen LogP contribution in [0.15, 0.2) is 24.3 Å². The largest absolute Gasteiger partial charge is 0.508 e. The van der Waals surface area contributed by atoms with Crippen molar-refractivity contribution in [1.82, 2.24) is 16.0 Å². The van der Waals surface area contributed by atoms with Crippen LogP contribution in [0.25, 0.3) is 0 Å². The Morgan fingerprint density at radius 2 is 1.52 bits per heavy atom. The lowest BCUT2D eigenvalue weighted by Crippen LogP contribution is -2.59. The highest BCUT2D eigenvalue weighted by atomic mass is 16.4. The lowest BCUT2D eigenvalue weighted by Gasteiger charge is -2.25. The smallest absolute Gasteiger partial charge is 0.326 e. The van der Waals surface area contributed by atoms with Crippen molar-refractivity contribution in [2.75, 3.05) is 0 Å². The van der Waals surface area contributed by atoms with Crippen LogP contribution in [0.3, 0.4) is 0 Å². The Labute approximate surface area is 189 Å². The average Bonchev–Trinajstić information content (AvgIpc) is 2.71. The molecule has 0 aliphatic heterocycles. The van der Waals surface area contributed by atoms with Crippen molar-refractivity contribution in [2.24, 2.45) is 11.5 Å². The quantitative estimate of drug-likeness (QED) is 0.157. The number of carboxylic acids is 1. The Morgan fingerprint density at radius 3 is 2.00 bits per heavy atom. The van der Waals surface area contributed by atoms with Crippen molar-refractivity contribution in [2.45, 2.75) is 57.0 Å². The van der Waals surface area contributed by atoms with Crippen molar-refractivity contribution in [3.63, 3.8) is 0 Å². The highest BCUT2D eigenvalue weighted by Crippen LogP contribution is 2.11. The van der Waals surface area contributed by atoms with Gasteiger partial charge in [0.25, 0.3) is 0 Å². The van der Waals surface area contributed by atoms with E-state index in [2.05, 4.69) is 16.0 Å². The van der Waals surface area contributed by atoms with Crippen LogP contribution in [0.2, 0.25) is 0 Å². The molecule has 0 aliphatic rings. The first-order valence-electron chi connectivity index (χ1n) is 9.95. The van der Waals surface area contributed by atoms with Crippen LogP contribution in [0, 0.1) is 0 Å². The van der Waals surface area contributed by atoms with Gasteiger partial charge in [0.15, 0.2) is 0 Å². The number of hydrogen-bond donors (Lipinski definition) is 8. The first-order valence-corrected chi connectivity index (χ1v) is 9.95. The summed E-state index contributed by atoms with van der Waals surface area (Å²) in [6, 6.07) is 0.307. The molecule has 0 saturated heterocycles. The SMILES string of the molecule is CC(NC(=O)C(N)CC(N)=O)C(=O)NC(C(=O)NC(Cc1ccc(O)cc1)C(=O)O)C(C)O. The van der Waals surface area contributed by atoms with E-state index < -0.39 is 66.3 Å². The Bertz CT molecular complexity index is 874. The van der Waals surface area contributed by atoms with E-state index in [1.54, 1.807) is 0 Å². The molecule has 0 radical (unpaired) electrons. The molecule has 5 unspecified atom stereocenters. The molecule has 1 aromatic rings. The van der Waals surface area contributed by atoms with Crippen LogP contribution in [-0.4, -0.2) is 75.2 Å². The summed E-state index contributed by atoms with van der Waals surface area (Å²) < 4.78 is 0. The molecule has 0 fully saturated rings. The number of carboxylic acid groups (broad SMARTS) is 1. The van der Waals surface area contributed by atoms with Crippen molar-refractivity contribution in [3.05, 3.63) is 29.8 Å². The van der Waals surface area contributed by atoms with E-state index in [0.29, 0.717) is 5.56 Å². The van der Waals surface area contributed by atoms with Crippen LogP contribution < -0.4 is 27.4 Å². The second-order valence-corrected chi connectivity index (χ2v) is 7.50. The standard InChI is InChI=1S/C20H29N5O8/c1-9(23-18(30)13(21)8-15(22)28)17(29)25-16(10(2)26)19(31)24-14(20(32)33)7-11-3-5-12(27)6-4-11/h3-6,9-10,13-14,16,26-27H,7-8,21H2,1-2H3,(H2,22,28)(H,23,30)(H,24,31)(H,25,29)(H,32,33). The summed E-state index contributed by atoms with van der Waals surface area (Å²) in [5.41, 5.74) is 11.0. The maximum atomic E-state index is 12.6. The lowest BCUT2D eigenvalue weighted by atomic mass is 10.0. The second-order valence-electron chi connectivity index (χ2n) is 7.50. The monoisotopic (exact) mass is 467 g/mol. The summed E-state index contributed by atoms with van der Waals surface area (Å²) in [7, 11) is 0. The zero-order valence-electron chi connectivity index (χ0n) is 18.1. The normalized spacial score (nSPS) is 15.3. The van der Waals surface area contributed by atoms with Crippen molar-refractivity contribution < 1.29 is 39.3 Å². The molecule has 13 heteroatoms. The van der Waals surface area contributed by atoms with E-state index in [1.807, 2.05) is 0 Å². The average molecular weight is 467 g/mol. The number of aliphatic hydroxyl groups is 1. The minimum atomic E-state index is -1.53. The first-order chi connectivity index (χ1) is 15.3. The van der Waals surface area contributed by atoms with Gasteiger partial charge in [0, 0.05) is 6.42 Å². The number of amides is 4. The van der Waals surface area contributed by atoms with Gasteiger partial charge in [0.05, 0.1) is 18.6 Å². The molecule has 0 heterocycles. The van der Waals surface area contributed by atoms with Gasteiger partial charge in [0.2, 0.25) is 23.6 Å².